The SMILES string of the molecule is C/C=C\C(=C/C)COC(=O)c1cc(C)n(CC(=O)OCC)n1. The van der Waals surface area contributed by atoms with E-state index in [1.807, 2.05) is 32.1 Å². The maximum absolute atomic E-state index is 12.0. The van der Waals surface area contributed by atoms with E-state index >= 15 is 0 Å². The first-order valence-corrected chi connectivity index (χ1v) is 7.16. The van der Waals surface area contributed by atoms with Gasteiger partial charge in [-0.15, -0.1) is 0 Å². The minimum absolute atomic E-state index is 0.0222. The molecule has 0 aliphatic heterocycles. The lowest BCUT2D eigenvalue weighted by Gasteiger charge is -2.04. The maximum Gasteiger partial charge on any atom is 0.359 e. The van der Waals surface area contributed by atoms with E-state index in [0.29, 0.717) is 12.3 Å². The van der Waals surface area contributed by atoms with E-state index in [2.05, 4.69) is 5.10 Å². The summed E-state index contributed by atoms with van der Waals surface area (Å²) in [6.07, 6.45) is 5.62. The molecule has 6 nitrogen and oxygen atoms in total. The molecule has 22 heavy (non-hydrogen) atoms. The van der Waals surface area contributed by atoms with Gasteiger partial charge in [0.25, 0.3) is 0 Å². The van der Waals surface area contributed by atoms with Crippen molar-refractivity contribution < 1.29 is 19.1 Å². The molecule has 0 atom stereocenters. The van der Waals surface area contributed by atoms with Crippen molar-refractivity contribution in [1.29, 1.82) is 0 Å². The molecule has 0 fully saturated rings. The van der Waals surface area contributed by atoms with Crippen molar-refractivity contribution in [2.75, 3.05) is 13.2 Å². The van der Waals surface area contributed by atoms with Gasteiger partial charge in [-0.1, -0.05) is 18.2 Å². The van der Waals surface area contributed by atoms with E-state index in [0.717, 1.165) is 5.57 Å². The standard InChI is InChI=1S/C16H22N2O4/c1-5-8-13(6-2)11-22-16(20)14-9-12(4)18(17-14)10-15(19)21-7-3/h5-6,8-9H,7,10-11H2,1-4H3/b8-5-,13-6+. The molecule has 0 unspecified atom stereocenters. The molecular formula is C16H22N2O4. The van der Waals surface area contributed by atoms with Crippen LogP contribution in [0.1, 0.15) is 37.0 Å². The third kappa shape index (κ3) is 5.20. The van der Waals surface area contributed by atoms with E-state index < -0.39 is 11.9 Å². The van der Waals surface area contributed by atoms with Gasteiger partial charge in [0.15, 0.2) is 5.69 Å². The zero-order valence-corrected chi connectivity index (χ0v) is 13.5. The highest BCUT2D eigenvalue weighted by molar-refractivity contribution is 5.87. The summed E-state index contributed by atoms with van der Waals surface area (Å²) in [5.41, 5.74) is 1.77. The minimum Gasteiger partial charge on any atom is -0.465 e. The maximum atomic E-state index is 12.0. The first kappa shape index (κ1) is 17.7. The molecule has 0 N–H and O–H groups in total. The predicted octanol–water partition coefficient (Wildman–Crippen LogP) is 2.43. The Labute approximate surface area is 130 Å². The first-order chi connectivity index (χ1) is 10.5. The lowest BCUT2D eigenvalue weighted by molar-refractivity contribution is -0.144. The molecule has 1 rings (SSSR count). The Morgan fingerprint density at radius 1 is 1.32 bits per heavy atom. The van der Waals surface area contributed by atoms with Gasteiger partial charge in [0.2, 0.25) is 0 Å². The van der Waals surface area contributed by atoms with Crippen molar-refractivity contribution >= 4 is 11.9 Å². The van der Waals surface area contributed by atoms with Crippen LogP contribution in [0.4, 0.5) is 0 Å². The molecule has 0 radical (unpaired) electrons. The molecule has 0 saturated carbocycles. The smallest absolute Gasteiger partial charge is 0.359 e. The van der Waals surface area contributed by atoms with Gasteiger partial charge in [-0.05, 0) is 39.3 Å². The monoisotopic (exact) mass is 306 g/mol. The molecular weight excluding hydrogens is 284 g/mol. The molecule has 120 valence electrons. The molecule has 0 amide bonds. The van der Waals surface area contributed by atoms with Crippen LogP contribution in [0.2, 0.25) is 0 Å². The van der Waals surface area contributed by atoms with Crippen LogP contribution in [0.5, 0.6) is 0 Å². The normalized spacial score (nSPS) is 11.7. The van der Waals surface area contributed by atoms with Crippen molar-refractivity contribution in [2.45, 2.75) is 34.2 Å². The zero-order valence-electron chi connectivity index (χ0n) is 13.5. The van der Waals surface area contributed by atoms with E-state index in [1.54, 1.807) is 19.9 Å². The van der Waals surface area contributed by atoms with Gasteiger partial charge in [0, 0.05) is 5.69 Å². The van der Waals surface area contributed by atoms with Gasteiger partial charge < -0.3 is 9.47 Å². The largest absolute Gasteiger partial charge is 0.465 e. The summed E-state index contributed by atoms with van der Waals surface area (Å²) in [6, 6.07) is 1.59. The van der Waals surface area contributed by atoms with Crippen molar-refractivity contribution in [3.05, 3.63) is 41.3 Å². The number of nitrogens with zero attached hydrogens (tertiary/aromatic N) is 2. The Kier molecular flexibility index (Phi) is 7.08. The summed E-state index contributed by atoms with van der Waals surface area (Å²) >= 11 is 0. The number of rotatable bonds is 7. The summed E-state index contributed by atoms with van der Waals surface area (Å²) in [4.78, 5) is 23.4. The number of ether oxygens (including phenoxy) is 2. The van der Waals surface area contributed by atoms with Gasteiger partial charge >= 0.3 is 11.9 Å². The van der Waals surface area contributed by atoms with Crippen molar-refractivity contribution in [1.82, 2.24) is 9.78 Å². The minimum atomic E-state index is -0.519. The number of hydrogen-bond donors (Lipinski definition) is 0. The van der Waals surface area contributed by atoms with Crippen LogP contribution in [0.3, 0.4) is 0 Å². The van der Waals surface area contributed by atoms with Crippen LogP contribution in [0, 0.1) is 6.92 Å². The first-order valence-electron chi connectivity index (χ1n) is 7.16. The van der Waals surface area contributed by atoms with Crippen LogP contribution in [-0.4, -0.2) is 34.9 Å². The quantitative estimate of drug-likeness (QED) is 0.571. The van der Waals surface area contributed by atoms with Crippen molar-refractivity contribution in [3.8, 4) is 0 Å². The lowest BCUT2D eigenvalue weighted by Crippen LogP contribution is -2.16. The summed E-state index contributed by atoms with van der Waals surface area (Å²) in [5, 5.41) is 4.09. The Morgan fingerprint density at radius 2 is 2.05 bits per heavy atom. The second kappa shape index (κ2) is 8.81. The topological polar surface area (TPSA) is 70.4 Å². The highest BCUT2D eigenvalue weighted by Crippen LogP contribution is 2.07. The van der Waals surface area contributed by atoms with E-state index in [4.69, 9.17) is 9.47 Å². The average Bonchev–Trinajstić information content (AvgIpc) is 2.84. The van der Waals surface area contributed by atoms with Gasteiger partial charge in [-0.3, -0.25) is 9.48 Å². The van der Waals surface area contributed by atoms with Crippen LogP contribution in [0.15, 0.2) is 29.9 Å². The molecule has 0 bridgehead atoms. The highest BCUT2D eigenvalue weighted by atomic mass is 16.5. The number of carbonyl (C=O) groups excluding carboxylic acids is 2. The van der Waals surface area contributed by atoms with Crippen molar-refractivity contribution in [2.24, 2.45) is 0 Å². The summed E-state index contributed by atoms with van der Waals surface area (Å²) in [7, 11) is 0. The molecule has 1 aromatic rings. The summed E-state index contributed by atoms with van der Waals surface area (Å²) in [6.45, 7) is 7.74. The van der Waals surface area contributed by atoms with Crippen LogP contribution in [-0.2, 0) is 20.8 Å². The third-order valence-corrected chi connectivity index (χ3v) is 2.90. The van der Waals surface area contributed by atoms with E-state index in [1.165, 1.54) is 4.68 Å². The van der Waals surface area contributed by atoms with Gasteiger partial charge in [0.1, 0.15) is 13.2 Å². The third-order valence-electron chi connectivity index (χ3n) is 2.90. The molecule has 0 aliphatic rings. The number of aromatic nitrogens is 2. The Balaban J connectivity index is 2.69. The molecule has 0 saturated heterocycles. The van der Waals surface area contributed by atoms with Gasteiger partial charge in [-0.2, -0.15) is 5.10 Å². The number of allylic oxidation sites excluding steroid dienone is 2. The summed E-state index contributed by atoms with van der Waals surface area (Å²) < 4.78 is 11.5. The second-order valence-electron chi connectivity index (χ2n) is 4.57. The molecule has 0 aromatic carbocycles. The summed E-state index contributed by atoms with van der Waals surface area (Å²) in [5.74, 6) is -0.910. The molecule has 6 heteroatoms. The number of esters is 2. The van der Waals surface area contributed by atoms with Gasteiger partial charge in [-0.25, -0.2) is 4.79 Å². The lowest BCUT2D eigenvalue weighted by atomic mass is 10.2. The van der Waals surface area contributed by atoms with E-state index in [-0.39, 0.29) is 18.8 Å². The average molecular weight is 306 g/mol. The van der Waals surface area contributed by atoms with Gasteiger partial charge in [0.05, 0.1) is 6.61 Å². The second-order valence-corrected chi connectivity index (χ2v) is 4.57. The van der Waals surface area contributed by atoms with Crippen molar-refractivity contribution in [3.63, 3.8) is 0 Å². The highest BCUT2D eigenvalue weighted by Gasteiger charge is 2.15. The fourth-order valence-electron chi connectivity index (χ4n) is 1.76. The van der Waals surface area contributed by atoms with Crippen LogP contribution in [0.25, 0.3) is 0 Å². The Hall–Kier alpha value is -2.37. The Bertz CT molecular complexity index is 585. The molecule has 0 aliphatic carbocycles. The number of hydrogen-bond acceptors (Lipinski definition) is 5. The van der Waals surface area contributed by atoms with E-state index in [9.17, 15) is 9.59 Å². The zero-order chi connectivity index (χ0) is 16.5. The van der Waals surface area contributed by atoms with Crippen LogP contribution < -0.4 is 0 Å². The van der Waals surface area contributed by atoms with Crippen LogP contribution >= 0.6 is 0 Å². The Morgan fingerprint density at radius 3 is 2.64 bits per heavy atom. The fourth-order valence-corrected chi connectivity index (χ4v) is 1.76. The molecule has 1 aromatic heterocycles. The molecule has 1 heterocycles. The number of carbonyl (C=O) groups is 2. The fraction of sp³-hybridized carbons (Fsp3) is 0.438. The number of aryl methyl sites for hydroxylation is 1. The predicted molar refractivity (Wildman–Crippen MR) is 82.5 cm³/mol. The molecule has 0 spiro atoms.